The van der Waals surface area contributed by atoms with E-state index >= 15 is 0 Å². The number of hydrogen-bond acceptors (Lipinski definition) is 5. The van der Waals surface area contributed by atoms with Crippen molar-refractivity contribution in [3.05, 3.63) is 22.4 Å². The van der Waals surface area contributed by atoms with Gasteiger partial charge in [-0.15, -0.1) is 35.3 Å². The fraction of sp³-hybridized carbons (Fsp3) is 0.750. The zero-order valence-corrected chi connectivity index (χ0v) is 21.0. The number of hydrogen-bond donors (Lipinski definition) is 3. The second-order valence-electron chi connectivity index (χ2n) is 7.85. The lowest BCUT2D eigenvalue weighted by Crippen LogP contribution is -2.45. The Kier molecular flexibility index (Phi) is 10.4. The Labute approximate surface area is 195 Å². The summed E-state index contributed by atoms with van der Waals surface area (Å²) >= 11 is 3.66. The number of thiophene rings is 1. The molecular weight excluding hydrogens is 503 g/mol. The maximum atomic E-state index is 10.6. The lowest BCUT2D eigenvalue weighted by atomic mass is 9.97. The van der Waals surface area contributed by atoms with E-state index in [-0.39, 0.29) is 24.0 Å². The number of piperidine rings is 1. The summed E-state index contributed by atoms with van der Waals surface area (Å²) in [5, 5.41) is 19.6. The van der Waals surface area contributed by atoms with Crippen LogP contribution < -0.4 is 10.6 Å². The molecule has 0 aromatic carbocycles. The van der Waals surface area contributed by atoms with Crippen molar-refractivity contribution in [2.75, 3.05) is 44.2 Å². The van der Waals surface area contributed by atoms with Crippen LogP contribution >= 0.6 is 47.1 Å². The molecule has 2 fully saturated rings. The van der Waals surface area contributed by atoms with Gasteiger partial charge in [-0.2, -0.15) is 11.8 Å². The number of likely N-dealkylation sites (tertiary alicyclic amines) is 1. The van der Waals surface area contributed by atoms with Gasteiger partial charge in [0.2, 0.25) is 0 Å². The van der Waals surface area contributed by atoms with Crippen molar-refractivity contribution >= 4 is 53.0 Å². The Morgan fingerprint density at radius 2 is 2.18 bits per heavy atom. The molecule has 3 heterocycles. The number of halogens is 1. The second-order valence-corrected chi connectivity index (χ2v) is 9.94. The van der Waals surface area contributed by atoms with Gasteiger partial charge < -0.3 is 15.7 Å². The van der Waals surface area contributed by atoms with Gasteiger partial charge in [0.1, 0.15) is 0 Å². The Hall–Kier alpha value is -0.0300. The summed E-state index contributed by atoms with van der Waals surface area (Å²) < 4.78 is 0. The topological polar surface area (TPSA) is 59.9 Å². The highest BCUT2D eigenvalue weighted by atomic mass is 127. The molecule has 5 nitrogen and oxygen atoms in total. The molecule has 3 rings (SSSR count). The number of aliphatic imine (C=N–C) groups is 1. The van der Waals surface area contributed by atoms with E-state index in [1.54, 1.807) is 0 Å². The van der Waals surface area contributed by atoms with Crippen LogP contribution in [0.4, 0.5) is 0 Å². The lowest BCUT2D eigenvalue weighted by Gasteiger charge is -2.36. The number of nitrogens with one attached hydrogen (secondary N) is 2. The smallest absolute Gasteiger partial charge is 0.191 e. The number of thioether (sulfide) groups is 1. The molecule has 0 bridgehead atoms. The van der Waals surface area contributed by atoms with E-state index in [9.17, 15) is 5.11 Å². The van der Waals surface area contributed by atoms with Crippen LogP contribution in [0, 0.1) is 5.92 Å². The van der Waals surface area contributed by atoms with Gasteiger partial charge in [-0.05, 0) is 62.4 Å². The molecule has 2 aliphatic rings. The van der Waals surface area contributed by atoms with Gasteiger partial charge in [0.15, 0.2) is 5.96 Å². The second kappa shape index (κ2) is 12.0. The summed E-state index contributed by atoms with van der Waals surface area (Å²) in [6.07, 6.45) is 3.39. The minimum atomic E-state index is -0.636. The number of aliphatic hydroxyl groups is 1. The van der Waals surface area contributed by atoms with Crippen LogP contribution in [0.1, 0.15) is 44.0 Å². The van der Waals surface area contributed by atoms with Crippen molar-refractivity contribution in [3.63, 3.8) is 0 Å². The quantitative estimate of drug-likeness (QED) is 0.282. The monoisotopic (exact) mass is 538 g/mol. The van der Waals surface area contributed by atoms with Crippen LogP contribution in [0.5, 0.6) is 0 Å². The van der Waals surface area contributed by atoms with Gasteiger partial charge in [0.25, 0.3) is 0 Å². The normalized spacial score (nSPS) is 25.3. The molecule has 0 radical (unpaired) electrons. The average molecular weight is 539 g/mol. The zero-order valence-electron chi connectivity index (χ0n) is 17.0. The first kappa shape index (κ1) is 24.2. The van der Waals surface area contributed by atoms with E-state index in [0.29, 0.717) is 12.6 Å². The highest BCUT2D eigenvalue weighted by molar-refractivity contribution is 14.0. The SMILES string of the molecule is CCNC(=NCC1(O)CCSC1)NCC(c1cccs1)N1CCC(C)CC1.I. The maximum Gasteiger partial charge on any atom is 0.191 e. The third kappa shape index (κ3) is 7.04. The van der Waals surface area contributed by atoms with Gasteiger partial charge in [-0.25, -0.2) is 0 Å². The van der Waals surface area contributed by atoms with Gasteiger partial charge in [-0.1, -0.05) is 13.0 Å². The molecule has 2 aliphatic heterocycles. The summed E-state index contributed by atoms with van der Waals surface area (Å²) in [4.78, 5) is 8.72. The summed E-state index contributed by atoms with van der Waals surface area (Å²) in [5.41, 5.74) is -0.636. The van der Waals surface area contributed by atoms with Crippen LogP contribution in [0.15, 0.2) is 22.5 Å². The average Bonchev–Trinajstić information content (AvgIpc) is 3.34. The predicted molar refractivity (Wildman–Crippen MR) is 133 cm³/mol. The van der Waals surface area contributed by atoms with E-state index < -0.39 is 5.60 Å². The molecular formula is C20H35IN4OS2. The first-order valence-electron chi connectivity index (χ1n) is 10.2. The van der Waals surface area contributed by atoms with Crippen molar-refractivity contribution in [1.82, 2.24) is 15.5 Å². The Balaban J connectivity index is 0.00000280. The molecule has 0 spiro atoms. The maximum absolute atomic E-state index is 10.6. The molecule has 2 unspecified atom stereocenters. The Morgan fingerprint density at radius 1 is 1.39 bits per heavy atom. The van der Waals surface area contributed by atoms with Crippen LogP contribution in [-0.2, 0) is 0 Å². The zero-order chi connectivity index (χ0) is 19.1. The Bertz CT molecular complexity index is 585. The number of nitrogens with zero attached hydrogens (tertiary/aromatic N) is 2. The van der Waals surface area contributed by atoms with Crippen LogP contribution in [-0.4, -0.2) is 65.8 Å². The van der Waals surface area contributed by atoms with Gasteiger partial charge in [-0.3, -0.25) is 9.89 Å². The summed E-state index contributed by atoms with van der Waals surface area (Å²) in [6, 6.07) is 4.77. The standard InChI is InChI=1S/C20H34N4OS2.HI/c1-3-21-19(23-14-20(25)8-12-26-15-20)22-13-17(18-5-4-11-27-18)24-9-6-16(2)7-10-24;/h4-5,11,16-17,25H,3,6-10,12-15H2,1-2H3,(H2,21,22,23);1H. The molecule has 0 saturated carbocycles. The predicted octanol–water partition coefficient (Wildman–Crippen LogP) is 3.56. The first-order chi connectivity index (χ1) is 13.1. The molecule has 160 valence electrons. The van der Waals surface area contributed by atoms with Crippen molar-refractivity contribution < 1.29 is 5.11 Å². The number of rotatable bonds is 7. The minimum absolute atomic E-state index is 0. The minimum Gasteiger partial charge on any atom is -0.387 e. The van der Waals surface area contributed by atoms with Crippen molar-refractivity contribution in [1.29, 1.82) is 0 Å². The van der Waals surface area contributed by atoms with Gasteiger partial charge >= 0.3 is 0 Å². The van der Waals surface area contributed by atoms with Crippen LogP contribution in [0.25, 0.3) is 0 Å². The van der Waals surface area contributed by atoms with Crippen molar-refractivity contribution in [2.45, 2.75) is 44.8 Å². The summed E-state index contributed by atoms with van der Waals surface area (Å²) in [5.74, 6) is 3.47. The molecule has 0 amide bonds. The molecule has 0 aliphatic carbocycles. The van der Waals surface area contributed by atoms with Gasteiger partial charge in [0.05, 0.1) is 18.2 Å². The third-order valence-electron chi connectivity index (χ3n) is 5.55. The molecule has 2 saturated heterocycles. The van der Waals surface area contributed by atoms with E-state index in [4.69, 9.17) is 4.99 Å². The van der Waals surface area contributed by atoms with E-state index in [1.807, 2.05) is 23.1 Å². The van der Waals surface area contributed by atoms with Crippen molar-refractivity contribution in [2.24, 2.45) is 10.9 Å². The van der Waals surface area contributed by atoms with Gasteiger partial charge in [0, 0.05) is 23.7 Å². The van der Waals surface area contributed by atoms with E-state index in [1.165, 1.54) is 17.7 Å². The fourth-order valence-electron chi connectivity index (χ4n) is 3.71. The molecule has 8 heteroatoms. The fourth-order valence-corrected chi connectivity index (χ4v) is 5.86. The highest BCUT2D eigenvalue weighted by Gasteiger charge is 2.31. The lowest BCUT2D eigenvalue weighted by molar-refractivity contribution is 0.0778. The molecule has 28 heavy (non-hydrogen) atoms. The van der Waals surface area contributed by atoms with E-state index in [0.717, 1.165) is 56.0 Å². The number of guanidine groups is 1. The van der Waals surface area contributed by atoms with Crippen LogP contribution in [0.3, 0.4) is 0 Å². The molecule has 1 aromatic heterocycles. The first-order valence-corrected chi connectivity index (χ1v) is 12.2. The molecule has 3 N–H and O–H groups in total. The summed E-state index contributed by atoms with van der Waals surface area (Å²) in [6.45, 7) is 8.90. The Morgan fingerprint density at radius 3 is 2.79 bits per heavy atom. The van der Waals surface area contributed by atoms with Crippen LogP contribution in [0.2, 0.25) is 0 Å². The molecule has 2 atom stereocenters. The third-order valence-corrected chi connectivity index (χ3v) is 7.76. The highest BCUT2D eigenvalue weighted by Crippen LogP contribution is 2.29. The summed E-state index contributed by atoms with van der Waals surface area (Å²) in [7, 11) is 0. The molecule has 1 aromatic rings. The van der Waals surface area contributed by atoms with Crippen molar-refractivity contribution in [3.8, 4) is 0 Å². The van der Waals surface area contributed by atoms with E-state index in [2.05, 4.69) is 46.9 Å². The largest absolute Gasteiger partial charge is 0.387 e.